The monoisotopic (exact) mass is 813 g/mol. The molecule has 2 unspecified atom stereocenters. The molecule has 9 nitrogen and oxygen atoms in total. The van der Waals surface area contributed by atoms with Crippen molar-refractivity contribution in [3.8, 4) is 11.5 Å². The van der Waals surface area contributed by atoms with Crippen LogP contribution in [0.15, 0.2) is 97.1 Å². The van der Waals surface area contributed by atoms with Crippen molar-refractivity contribution in [3.05, 3.63) is 130 Å². The van der Waals surface area contributed by atoms with Crippen LogP contribution in [0.5, 0.6) is 11.5 Å². The maximum absolute atomic E-state index is 11.2. The number of aliphatic hydroxyl groups is 3. The van der Waals surface area contributed by atoms with Gasteiger partial charge in [-0.25, -0.2) is 0 Å². The van der Waals surface area contributed by atoms with Crippen molar-refractivity contribution in [2.24, 2.45) is 0 Å². The number of benzene rings is 4. The Balaban J connectivity index is 1.12. The fraction of sp³-hybridized carbons (Fsp3) is 0.520. The Morgan fingerprint density at radius 1 is 0.525 bits per heavy atom. The van der Waals surface area contributed by atoms with Gasteiger partial charge in [0.05, 0.1) is 18.8 Å². The summed E-state index contributed by atoms with van der Waals surface area (Å²) in [7, 11) is 0. The average molecular weight is 813 g/mol. The van der Waals surface area contributed by atoms with Crippen molar-refractivity contribution < 1.29 is 35.0 Å². The second-order valence-corrected chi connectivity index (χ2v) is 15.8. The lowest BCUT2D eigenvalue weighted by Crippen LogP contribution is -2.29. The molecular weight excluding hydrogens is 741 g/mol. The lowest BCUT2D eigenvalue weighted by atomic mass is 10.0. The molecule has 0 aliphatic rings. The Kier molecular flexibility index (Phi) is 23.9. The van der Waals surface area contributed by atoms with E-state index in [0.29, 0.717) is 36.3 Å². The van der Waals surface area contributed by atoms with E-state index in [2.05, 4.69) is 64.8 Å². The van der Waals surface area contributed by atoms with E-state index in [-0.39, 0.29) is 18.1 Å². The van der Waals surface area contributed by atoms with Gasteiger partial charge in [-0.15, -0.1) is 0 Å². The van der Waals surface area contributed by atoms with E-state index >= 15 is 0 Å². The number of nitrogens with zero attached hydrogens (tertiary/aromatic N) is 1. The van der Waals surface area contributed by atoms with Gasteiger partial charge in [0.1, 0.15) is 11.5 Å². The molecule has 0 bridgehead atoms. The molecule has 0 saturated heterocycles. The van der Waals surface area contributed by atoms with Crippen LogP contribution in [0.2, 0.25) is 0 Å². The number of phenols is 2. The largest absolute Gasteiger partial charge is 0.508 e. The normalized spacial score (nSPS) is 12.6. The van der Waals surface area contributed by atoms with E-state index in [1.807, 2.05) is 18.2 Å². The molecule has 4 aromatic carbocycles. The average Bonchev–Trinajstić information content (AvgIpc) is 3.25. The number of aromatic hydroxyl groups is 2. The number of phenolic OH excluding ortho intramolecular Hbond substituents is 1. The standard InChI is InChI=1S/C50H72N2O7/c53-40-46-35-43(27-28-47(46)54)50(57)39-52(30-14-2-4-16-32-59-34-18-12-24-42-21-9-6-10-22-42)38-45-26-25-44(36-48(45)55)49(56)37-51-29-13-1-3-15-31-58-33-17-11-23-41-19-7-5-8-20-41/h5-10,19-22,25-28,35-36,49-51,53-57H,1-4,11-18,23-24,29-34,37-40H2. The Hall–Kier alpha value is -3.80. The summed E-state index contributed by atoms with van der Waals surface area (Å²) >= 11 is 0. The molecule has 0 saturated carbocycles. The van der Waals surface area contributed by atoms with Gasteiger partial charge in [0, 0.05) is 57.2 Å². The highest BCUT2D eigenvalue weighted by Crippen LogP contribution is 2.27. The third-order valence-electron chi connectivity index (χ3n) is 10.9. The van der Waals surface area contributed by atoms with Gasteiger partial charge < -0.3 is 40.3 Å². The fourth-order valence-corrected chi connectivity index (χ4v) is 7.30. The first kappa shape index (κ1) is 47.9. The Bertz CT molecular complexity index is 1660. The highest BCUT2D eigenvalue weighted by molar-refractivity contribution is 5.38. The summed E-state index contributed by atoms with van der Waals surface area (Å²) in [5.74, 6) is 0.115. The minimum Gasteiger partial charge on any atom is -0.508 e. The smallest absolute Gasteiger partial charge is 0.121 e. The van der Waals surface area contributed by atoms with Crippen LogP contribution in [0.25, 0.3) is 0 Å². The van der Waals surface area contributed by atoms with Crippen LogP contribution in [-0.2, 0) is 35.5 Å². The minimum atomic E-state index is -0.848. The highest BCUT2D eigenvalue weighted by atomic mass is 16.5. The van der Waals surface area contributed by atoms with Gasteiger partial charge in [-0.05, 0) is 118 Å². The number of hydrogen-bond donors (Lipinski definition) is 6. The van der Waals surface area contributed by atoms with E-state index in [4.69, 9.17) is 9.47 Å². The van der Waals surface area contributed by atoms with Crippen molar-refractivity contribution in [2.75, 3.05) is 52.6 Å². The molecule has 0 aliphatic carbocycles. The molecule has 59 heavy (non-hydrogen) atoms. The Morgan fingerprint density at radius 2 is 1.07 bits per heavy atom. The summed E-state index contributed by atoms with van der Waals surface area (Å²) in [5, 5.41) is 56.2. The predicted octanol–water partition coefficient (Wildman–Crippen LogP) is 8.95. The van der Waals surface area contributed by atoms with E-state index in [1.54, 1.807) is 18.2 Å². The summed E-state index contributed by atoms with van der Waals surface area (Å²) in [6, 6.07) is 31.3. The van der Waals surface area contributed by atoms with Crippen molar-refractivity contribution in [3.63, 3.8) is 0 Å². The summed E-state index contributed by atoms with van der Waals surface area (Å²) in [6.07, 6.45) is 13.4. The number of ether oxygens (including phenoxy) is 2. The van der Waals surface area contributed by atoms with Crippen LogP contribution in [0, 0.1) is 0 Å². The van der Waals surface area contributed by atoms with E-state index < -0.39 is 12.2 Å². The molecule has 9 heteroatoms. The lowest BCUT2D eigenvalue weighted by molar-refractivity contribution is 0.106. The second-order valence-electron chi connectivity index (χ2n) is 15.8. The quantitative estimate of drug-likeness (QED) is 0.0261. The van der Waals surface area contributed by atoms with Gasteiger partial charge in [0.25, 0.3) is 0 Å². The topological polar surface area (TPSA) is 135 Å². The van der Waals surface area contributed by atoms with E-state index in [9.17, 15) is 25.5 Å². The number of aryl methyl sites for hydroxylation is 2. The summed E-state index contributed by atoms with van der Waals surface area (Å²) in [6.45, 7) is 5.56. The molecule has 0 aliphatic heterocycles. The first-order valence-electron chi connectivity index (χ1n) is 22.2. The first-order valence-corrected chi connectivity index (χ1v) is 22.2. The molecule has 0 aromatic heterocycles. The number of rotatable bonds is 33. The zero-order chi connectivity index (χ0) is 41.8. The van der Waals surface area contributed by atoms with Crippen LogP contribution in [0.4, 0.5) is 0 Å². The predicted molar refractivity (Wildman–Crippen MR) is 238 cm³/mol. The minimum absolute atomic E-state index is 0.00321. The van der Waals surface area contributed by atoms with Crippen LogP contribution < -0.4 is 5.32 Å². The molecule has 2 atom stereocenters. The number of unbranched alkanes of at least 4 members (excludes halogenated alkanes) is 8. The summed E-state index contributed by atoms with van der Waals surface area (Å²) < 4.78 is 11.7. The van der Waals surface area contributed by atoms with Crippen LogP contribution >= 0.6 is 0 Å². The van der Waals surface area contributed by atoms with Crippen molar-refractivity contribution in [1.82, 2.24) is 10.2 Å². The van der Waals surface area contributed by atoms with Gasteiger partial charge in [-0.2, -0.15) is 0 Å². The zero-order valence-corrected chi connectivity index (χ0v) is 35.4. The lowest BCUT2D eigenvalue weighted by Gasteiger charge is -2.26. The third kappa shape index (κ3) is 19.9. The summed E-state index contributed by atoms with van der Waals surface area (Å²) in [5.41, 5.74) is 5.12. The van der Waals surface area contributed by atoms with E-state index in [0.717, 1.165) is 135 Å². The Morgan fingerprint density at radius 3 is 1.66 bits per heavy atom. The molecular formula is C50H72N2O7. The van der Waals surface area contributed by atoms with Gasteiger partial charge in [-0.3, -0.25) is 4.90 Å². The van der Waals surface area contributed by atoms with Gasteiger partial charge >= 0.3 is 0 Å². The van der Waals surface area contributed by atoms with Crippen molar-refractivity contribution in [1.29, 1.82) is 0 Å². The molecule has 0 spiro atoms. The van der Waals surface area contributed by atoms with E-state index in [1.165, 1.54) is 17.2 Å². The van der Waals surface area contributed by atoms with Crippen LogP contribution in [0.1, 0.15) is 123 Å². The third-order valence-corrected chi connectivity index (χ3v) is 10.9. The van der Waals surface area contributed by atoms with Gasteiger partial charge in [-0.1, -0.05) is 105 Å². The van der Waals surface area contributed by atoms with Gasteiger partial charge in [0.2, 0.25) is 0 Å². The molecule has 4 rings (SSSR count). The maximum atomic E-state index is 11.2. The SMILES string of the molecule is OCc1cc(C(O)CN(CCCCCCOCCCCc2ccccc2)Cc2ccc(C(O)CNCCCCCCOCCCCc3ccccc3)cc2O)ccc1O. The molecule has 0 radical (unpaired) electrons. The summed E-state index contributed by atoms with van der Waals surface area (Å²) in [4.78, 5) is 2.13. The van der Waals surface area contributed by atoms with Crippen LogP contribution in [-0.4, -0.2) is 83.0 Å². The van der Waals surface area contributed by atoms with Gasteiger partial charge in [0.15, 0.2) is 0 Å². The molecule has 0 fully saturated rings. The molecule has 4 aromatic rings. The van der Waals surface area contributed by atoms with Crippen molar-refractivity contribution >= 4 is 0 Å². The number of hydrogen-bond acceptors (Lipinski definition) is 9. The number of aliphatic hydroxyl groups excluding tert-OH is 3. The van der Waals surface area contributed by atoms with Crippen LogP contribution in [0.3, 0.4) is 0 Å². The van der Waals surface area contributed by atoms with Crippen molar-refractivity contribution in [2.45, 2.75) is 115 Å². The Labute approximate surface area is 354 Å². The first-order chi connectivity index (χ1) is 28.9. The molecule has 0 amide bonds. The second kappa shape index (κ2) is 29.4. The zero-order valence-electron chi connectivity index (χ0n) is 35.4. The molecule has 324 valence electrons. The fourth-order valence-electron chi connectivity index (χ4n) is 7.30. The highest BCUT2D eigenvalue weighted by Gasteiger charge is 2.18. The maximum Gasteiger partial charge on any atom is 0.121 e. The molecule has 0 heterocycles. The number of nitrogens with one attached hydrogen (secondary N) is 1. The molecule has 6 N–H and O–H groups in total.